The summed E-state index contributed by atoms with van der Waals surface area (Å²) in [6, 6.07) is 9.15. The molecule has 28 heavy (non-hydrogen) atoms. The topological polar surface area (TPSA) is 85.1 Å². The second-order valence-corrected chi connectivity index (χ2v) is 6.64. The molecule has 0 spiro atoms. The molecular weight excluding hydrogens is 352 g/mol. The summed E-state index contributed by atoms with van der Waals surface area (Å²) in [5.74, 6) is 0.459. The largest absolute Gasteiger partial charge is 0.344 e. The number of hydrogen-bond acceptors (Lipinski definition) is 5. The average molecular weight is 372 g/mol. The van der Waals surface area contributed by atoms with Crippen LogP contribution in [0.5, 0.6) is 0 Å². The van der Waals surface area contributed by atoms with Gasteiger partial charge in [-0.05, 0) is 45.0 Å². The number of amides is 1. The molecule has 0 radical (unpaired) electrons. The summed E-state index contributed by atoms with van der Waals surface area (Å²) in [6.07, 6.45) is 7.03. The molecule has 1 atom stereocenters. The van der Waals surface area contributed by atoms with Crippen molar-refractivity contribution in [1.29, 1.82) is 0 Å². The number of fused-ring (bicyclic) bond motifs is 1. The van der Waals surface area contributed by atoms with Crippen molar-refractivity contribution in [3.8, 4) is 11.4 Å². The van der Waals surface area contributed by atoms with Gasteiger partial charge in [-0.3, -0.25) is 14.2 Å². The first-order valence-corrected chi connectivity index (χ1v) is 9.03. The molecular formula is C21H20N6O. The number of nitrogens with one attached hydrogen (secondary N) is 1. The normalized spacial score (nSPS) is 12.1. The zero-order valence-electron chi connectivity index (χ0n) is 15.9. The molecule has 0 saturated carbocycles. The minimum absolute atomic E-state index is 0.179. The fourth-order valence-electron chi connectivity index (χ4n) is 3.27. The molecule has 4 heterocycles. The molecule has 4 rings (SSSR count). The van der Waals surface area contributed by atoms with Crippen molar-refractivity contribution in [2.45, 2.75) is 26.8 Å². The molecule has 7 heteroatoms. The summed E-state index contributed by atoms with van der Waals surface area (Å²) >= 11 is 0. The average Bonchev–Trinajstić information content (AvgIpc) is 3.04. The van der Waals surface area contributed by atoms with Crippen LogP contribution in [0.3, 0.4) is 0 Å². The van der Waals surface area contributed by atoms with Crippen LogP contribution in [-0.4, -0.2) is 30.2 Å². The molecule has 4 aromatic heterocycles. The monoisotopic (exact) mass is 372 g/mol. The van der Waals surface area contributed by atoms with Crippen LogP contribution in [0.1, 0.15) is 40.4 Å². The van der Waals surface area contributed by atoms with Crippen molar-refractivity contribution in [3.63, 3.8) is 0 Å². The van der Waals surface area contributed by atoms with Crippen LogP contribution >= 0.6 is 0 Å². The third-order valence-electron chi connectivity index (χ3n) is 4.69. The summed E-state index contributed by atoms with van der Waals surface area (Å²) in [5, 5.41) is 3.04. The zero-order chi connectivity index (χ0) is 19.7. The van der Waals surface area contributed by atoms with Crippen molar-refractivity contribution in [2.24, 2.45) is 0 Å². The van der Waals surface area contributed by atoms with Gasteiger partial charge in [-0.2, -0.15) is 0 Å². The number of rotatable bonds is 4. The van der Waals surface area contributed by atoms with E-state index >= 15 is 0 Å². The maximum atomic E-state index is 12.9. The van der Waals surface area contributed by atoms with E-state index in [0.717, 1.165) is 22.5 Å². The molecule has 0 aliphatic carbocycles. The quantitative estimate of drug-likeness (QED) is 0.594. The fourth-order valence-corrected chi connectivity index (χ4v) is 3.27. The lowest BCUT2D eigenvalue weighted by molar-refractivity contribution is 0.0933. The first-order chi connectivity index (χ1) is 13.5. The van der Waals surface area contributed by atoms with Gasteiger partial charge >= 0.3 is 0 Å². The van der Waals surface area contributed by atoms with Gasteiger partial charge in [-0.1, -0.05) is 6.07 Å². The Morgan fingerprint density at radius 2 is 1.86 bits per heavy atom. The molecule has 0 fully saturated rings. The van der Waals surface area contributed by atoms with E-state index < -0.39 is 0 Å². The SMILES string of the molecule is Cc1nc(-c2ccncc2)ncc1[C@@H](C)NC(=O)c1c(C)nc2ccccn12. The predicted octanol–water partition coefficient (Wildman–Crippen LogP) is 3.29. The number of aromatic nitrogens is 5. The highest BCUT2D eigenvalue weighted by Crippen LogP contribution is 2.20. The first-order valence-electron chi connectivity index (χ1n) is 9.03. The van der Waals surface area contributed by atoms with Crippen molar-refractivity contribution in [1.82, 2.24) is 29.7 Å². The minimum Gasteiger partial charge on any atom is -0.344 e. The number of carbonyl (C=O) groups is 1. The van der Waals surface area contributed by atoms with E-state index in [1.165, 1.54) is 0 Å². The Labute approximate surface area is 162 Å². The smallest absolute Gasteiger partial charge is 0.270 e. The Balaban J connectivity index is 1.59. The standard InChI is InChI=1S/C21H20N6O/c1-13-17(12-23-20(25-13)16-7-9-22-10-8-16)14(2)26-21(28)19-15(3)24-18-6-4-5-11-27(18)19/h4-12,14H,1-3H3,(H,26,28)/t14-/m1/s1. The van der Waals surface area contributed by atoms with Gasteiger partial charge in [0, 0.05) is 41.6 Å². The van der Waals surface area contributed by atoms with Gasteiger partial charge in [-0.25, -0.2) is 15.0 Å². The van der Waals surface area contributed by atoms with E-state index in [2.05, 4.69) is 25.3 Å². The molecule has 0 aliphatic heterocycles. The van der Waals surface area contributed by atoms with Gasteiger partial charge in [0.1, 0.15) is 11.3 Å². The number of carbonyl (C=O) groups excluding carboxylic acids is 1. The Kier molecular flexibility index (Phi) is 4.57. The number of aryl methyl sites for hydroxylation is 2. The lowest BCUT2D eigenvalue weighted by Crippen LogP contribution is -2.29. The third-order valence-corrected chi connectivity index (χ3v) is 4.69. The molecule has 1 amide bonds. The third kappa shape index (κ3) is 3.22. The Morgan fingerprint density at radius 3 is 2.61 bits per heavy atom. The summed E-state index contributed by atoms with van der Waals surface area (Å²) in [7, 11) is 0. The molecule has 0 unspecified atom stereocenters. The van der Waals surface area contributed by atoms with E-state index in [0.29, 0.717) is 17.2 Å². The van der Waals surface area contributed by atoms with E-state index in [1.54, 1.807) is 23.0 Å². The van der Waals surface area contributed by atoms with Crippen LogP contribution in [0.15, 0.2) is 55.1 Å². The van der Waals surface area contributed by atoms with Gasteiger partial charge in [0.15, 0.2) is 5.82 Å². The predicted molar refractivity (Wildman–Crippen MR) is 106 cm³/mol. The van der Waals surface area contributed by atoms with Crippen LogP contribution in [0.25, 0.3) is 17.0 Å². The van der Waals surface area contributed by atoms with Crippen LogP contribution in [0, 0.1) is 13.8 Å². The lowest BCUT2D eigenvalue weighted by Gasteiger charge is -2.16. The van der Waals surface area contributed by atoms with Crippen molar-refractivity contribution in [3.05, 3.63) is 77.8 Å². The van der Waals surface area contributed by atoms with Crippen molar-refractivity contribution >= 4 is 11.6 Å². The number of pyridine rings is 2. The van der Waals surface area contributed by atoms with E-state index in [9.17, 15) is 4.79 Å². The Morgan fingerprint density at radius 1 is 1.07 bits per heavy atom. The van der Waals surface area contributed by atoms with Crippen LogP contribution < -0.4 is 5.32 Å². The van der Waals surface area contributed by atoms with Crippen molar-refractivity contribution in [2.75, 3.05) is 0 Å². The Hall–Kier alpha value is -3.61. The minimum atomic E-state index is -0.243. The zero-order valence-corrected chi connectivity index (χ0v) is 15.9. The maximum absolute atomic E-state index is 12.9. The molecule has 140 valence electrons. The van der Waals surface area contributed by atoms with Gasteiger partial charge in [0.2, 0.25) is 0 Å². The van der Waals surface area contributed by atoms with Crippen LogP contribution in [0.2, 0.25) is 0 Å². The van der Waals surface area contributed by atoms with Gasteiger partial charge < -0.3 is 5.32 Å². The Bertz CT molecular complexity index is 1150. The van der Waals surface area contributed by atoms with Gasteiger partial charge in [0.25, 0.3) is 5.91 Å². The molecule has 0 saturated heterocycles. The summed E-state index contributed by atoms with van der Waals surface area (Å²) in [4.78, 5) is 30.4. The van der Waals surface area contributed by atoms with Gasteiger partial charge in [-0.15, -0.1) is 0 Å². The highest BCUT2D eigenvalue weighted by Gasteiger charge is 2.20. The molecule has 0 aliphatic rings. The highest BCUT2D eigenvalue weighted by atomic mass is 16.2. The summed E-state index contributed by atoms with van der Waals surface area (Å²) < 4.78 is 1.80. The number of nitrogens with zero attached hydrogens (tertiary/aromatic N) is 5. The molecule has 0 aromatic carbocycles. The second-order valence-electron chi connectivity index (χ2n) is 6.64. The van der Waals surface area contributed by atoms with Gasteiger partial charge in [0.05, 0.1) is 11.7 Å². The van der Waals surface area contributed by atoms with E-state index in [4.69, 9.17) is 0 Å². The fraction of sp³-hybridized carbons (Fsp3) is 0.190. The van der Waals surface area contributed by atoms with Crippen molar-refractivity contribution < 1.29 is 4.79 Å². The van der Waals surface area contributed by atoms with Crippen LogP contribution in [0.4, 0.5) is 0 Å². The summed E-state index contributed by atoms with van der Waals surface area (Å²) in [6.45, 7) is 5.68. The maximum Gasteiger partial charge on any atom is 0.270 e. The summed E-state index contributed by atoms with van der Waals surface area (Å²) in [5.41, 5.74) is 4.58. The molecule has 0 bridgehead atoms. The molecule has 4 aromatic rings. The first kappa shape index (κ1) is 17.8. The molecule has 1 N–H and O–H groups in total. The van der Waals surface area contributed by atoms with Crippen LogP contribution in [-0.2, 0) is 0 Å². The lowest BCUT2D eigenvalue weighted by atomic mass is 10.1. The second kappa shape index (κ2) is 7.19. The number of hydrogen-bond donors (Lipinski definition) is 1. The highest BCUT2D eigenvalue weighted by molar-refractivity contribution is 5.94. The number of imidazole rings is 1. The van der Waals surface area contributed by atoms with E-state index in [1.807, 2.05) is 57.3 Å². The van der Waals surface area contributed by atoms with E-state index in [-0.39, 0.29) is 11.9 Å². The molecule has 7 nitrogen and oxygen atoms in total.